The third kappa shape index (κ3) is 5.75. The van der Waals surface area contributed by atoms with E-state index >= 15 is 0 Å². The van der Waals surface area contributed by atoms with Crippen LogP contribution in [-0.4, -0.2) is 27.3 Å². The topological polar surface area (TPSA) is 72.2 Å². The molecule has 0 amide bonds. The molecule has 0 fully saturated rings. The number of sulfonamides is 1. The van der Waals surface area contributed by atoms with Gasteiger partial charge in [0, 0.05) is 12.6 Å². The van der Waals surface area contributed by atoms with Crippen LogP contribution in [0.25, 0.3) is 0 Å². The second kappa shape index (κ2) is 3.14. The highest BCUT2D eigenvalue weighted by Crippen LogP contribution is 1.80. The molecule has 0 rings (SSSR count). The van der Waals surface area contributed by atoms with Crippen LogP contribution < -0.4 is 10.5 Å². The third-order valence-electron chi connectivity index (χ3n) is 0.769. The summed E-state index contributed by atoms with van der Waals surface area (Å²) in [6.45, 7) is 2.04. The van der Waals surface area contributed by atoms with Gasteiger partial charge in [0.25, 0.3) is 0 Å². The summed E-state index contributed by atoms with van der Waals surface area (Å²) in [5.41, 5.74) is 5.15. The smallest absolute Gasteiger partial charge is 0.208 e. The fourth-order valence-corrected chi connectivity index (χ4v) is 1.24. The van der Waals surface area contributed by atoms with E-state index in [2.05, 4.69) is 4.72 Å². The van der Waals surface area contributed by atoms with Gasteiger partial charge in [0.15, 0.2) is 0 Å². The normalized spacial score (nSPS) is 15.4. The molecule has 0 saturated carbocycles. The molecule has 0 aromatic heterocycles. The molecule has 0 heterocycles. The van der Waals surface area contributed by atoms with Crippen molar-refractivity contribution in [2.24, 2.45) is 5.73 Å². The van der Waals surface area contributed by atoms with Gasteiger partial charge >= 0.3 is 0 Å². The van der Waals surface area contributed by atoms with Crippen LogP contribution in [0, 0.1) is 0 Å². The number of hydrogen-bond acceptors (Lipinski definition) is 3. The van der Waals surface area contributed by atoms with E-state index in [1.165, 1.54) is 0 Å². The maximum absolute atomic E-state index is 10.4. The van der Waals surface area contributed by atoms with Crippen LogP contribution in [0.4, 0.5) is 0 Å². The Hall–Kier alpha value is -0.130. The van der Waals surface area contributed by atoms with Crippen LogP contribution in [0.2, 0.25) is 0 Å². The standard InChI is InChI=1S/C4H12N2O2S/c1-4(3-5)6-9(2,7)8/h4,6H,3,5H2,1-2H3/t4-/m0/s1. The number of hydrogen-bond donors (Lipinski definition) is 2. The average molecular weight is 152 g/mol. The summed E-state index contributed by atoms with van der Waals surface area (Å²) in [5, 5.41) is 0. The van der Waals surface area contributed by atoms with E-state index in [0.29, 0.717) is 6.54 Å². The molecule has 0 aromatic carbocycles. The molecule has 0 aliphatic carbocycles. The lowest BCUT2D eigenvalue weighted by Gasteiger charge is -2.07. The summed E-state index contributed by atoms with van der Waals surface area (Å²) in [6, 6.07) is -0.167. The maximum Gasteiger partial charge on any atom is 0.208 e. The highest BCUT2D eigenvalue weighted by Gasteiger charge is 2.04. The van der Waals surface area contributed by atoms with Gasteiger partial charge in [-0.05, 0) is 6.92 Å². The van der Waals surface area contributed by atoms with Crippen LogP contribution in [0.3, 0.4) is 0 Å². The van der Waals surface area contributed by atoms with Gasteiger partial charge in [-0.3, -0.25) is 0 Å². The molecule has 0 radical (unpaired) electrons. The first-order valence-corrected chi connectivity index (χ1v) is 4.52. The average Bonchev–Trinajstić information content (AvgIpc) is 1.62. The van der Waals surface area contributed by atoms with Gasteiger partial charge in [0.2, 0.25) is 10.0 Å². The molecule has 0 aromatic rings. The van der Waals surface area contributed by atoms with E-state index in [1.807, 2.05) is 0 Å². The van der Waals surface area contributed by atoms with Crippen LogP contribution in [-0.2, 0) is 10.0 Å². The second-order valence-corrected chi connectivity index (χ2v) is 3.81. The van der Waals surface area contributed by atoms with Crippen molar-refractivity contribution in [3.8, 4) is 0 Å². The van der Waals surface area contributed by atoms with Crippen molar-refractivity contribution >= 4 is 10.0 Å². The molecule has 0 bridgehead atoms. The first kappa shape index (κ1) is 8.87. The zero-order valence-corrected chi connectivity index (χ0v) is 6.40. The van der Waals surface area contributed by atoms with Crippen LogP contribution in [0.1, 0.15) is 6.92 Å². The lowest BCUT2D eigenvalue weighted by molar-refractivity contribution is 0.568. The van der Waals surface area contributed by atoms with Crippen molar-refractivity contribution in [3.05, 3.63) is 0 Å². The van der Waals surface area contributed by atoms with Crippen LogP contribution >= 0.6 is 0 Å². The molecule has 0 aliphatic heterocycles. The predicted octanol–water partition coefficient (Wildman–Crippen LogP) is -1.12. The summed E-state index contributed by atoms with van der Waals surface area (Å²) >= 11 is 0. The maximum atomic E-state index is 10.4. The van der Waals surface area contributed by atoms with Gasteiger partial charge in [0.05, 0.1) is 6.26 Å². The lowest BCUT2D eigenvalue weighted by Crippen LogP contribution is -2.36. The zero-order valence-electron chi connectivity index (χ0n) is 5.59. The number of rotatable bonds is 3. The SMILES string of the molecule is C[C@@H](CN)NS(C)(=O)=O. The number of nitrogens with one attached hydrogen (secondary N) is 1. The van der Waals surface area contributed by atoms with Crippen LogP contribution in [0.15, 0.2) is 0 Å². The van der Waals surface area contributed by atoms with E-state index in [9.17, 15) is 8.42 Å². The second-order valence-electron chi connectivity index (χ2n) is 2.03. The minimum absolute atomic E-state index is 0.167. The highest BCUT2D eigenvalue weighted by molar-refractivity contribution is 7.88. The minimum atomic E-state index is -3.07. The molecule has 0 saturated heterocycles. The first-order valence-electron chi connectivity index (χ1n) is 2.63. The summed E-state index contributed by atoms with van der Waals surface area (Å²) in [4.78, 5) is 0. The molecule has 56 valence electrons. The Bertz CT molecular complexity index is 163. The van der Waals surface area contributed by atoms with Crippen molar-refractivity contribution in [3.63, 3.8) is 0 Å². The Labute approximate surface area is 55.5 Å². The van der Waals surface area contributed by atoms with Crippen LogP contribution in [0.5, 0.6) is 0 Å². The van der Waals surface area contributed by atoms with Gasteiger partial charge in [-0.2, -0.15) is 0 Å². The molecular weight excluding hydrogens is 140 g/mol. The molecule has 0 aliphatic rings. The van der Waals surface area contributed by atoms with E-state index < -0.39 is 10.0 Å². The van der Waals surface area contributed by atoms with E-state index in [0.717, 1.165) is 6.26 Å². The van der Waals surface area contributed by atoms with Gasteiger partial charge in [-0.15, -0.1) is 0 Å². The highest BCUT2D eigenvalue weighted by atomic mass is 32.2. The van der Waals surface area contributed by atoms with E-state index in [1.54, 1.807) is 6.92 Å². The molecule has 4 nitrogen and oxygen atoms in total. The molecule has 1 atom stereocenters. The fourth-order valence-electron chi connectivity index (χ4n) is 0.414. The van der Waals surface area contributed by atoms with Crippen molar-refractivity contribution in [1.29, 1.82) is 0 Å². The third-order valence-corrected chi connectivity index (χ3v) is 1.60. The monoisotopic (exact) mass is 152 g/mol. The molecule has 0 unspecified atom stereocenters. The lowest BCUT2D eigenvalue weighted by atomic mass is 10.4. The van der Waals surface area contributed by atoms with Crippen molar-refractivity contribution in [1.82, 2.24) is 4.72 Å². The molecule has 0 spiro atoms. The van der Waals surface area contributed by atoms with Gasteiger partial charge in [-0.1, -0.05) is 0 Å². The van der Waals surface area contributed by atoms with Gasteiger partial charge < -0.3 is 5.73 Å². The summed E-state index contributed by atoms with van der Waals surface area (Å²) in [7, 11) is -3.07. The Morgan fingerprint density at radius 3 is 2.22 bits per heavy atom. The molecular formula is C4H12N2O2S. The largest absolute Gasteiger partial charge is 0.329 e. The van der Waals surface area contributed by atoms with E-state index in [4.69, 9.17) is 5.73 Å². The predicted molar refractivity (Wildman–Crippen MR) is 36.5 cm³/mol. The quantitative estimate of drug-likeness (QED) is 0.538. The Balaban J connectivity index is 3.75. The first-order chi connectivity index (χ1) is 3.95. The van der Waals surface area contributed by atoms with Gasteiger partial charge in [-0.25, -0.2) is 13.1 Å². The molecule has 3 N–H and O–H groups in total. The number of nitrogens with two attached hydrogens (primary N) is 1. The fraction of sp³-hybridized carbons (Fsp3) is 1.00. The Kier molecular flexibility index (Phi) is 3.10. The van der Waals surface area contributed by atoms with Crippen molar-refractivity contribution in [2.75, 3.05) is 12.8 Å². The van der Waals surface area contributed by atoms with Crippen molar-refractivity contribution in [2.45, 2.75) is 13.0 Å². The zero-order chi connectivity index (χ0) is 7.49. The summed E-state index contributed by atoms with van der Waals surface area (Å²) < 4.78 is 23.2. The molecule has 5 heteroatoms. The van der Waals surface area contributed by atoms with Crippen molar-refractivity contribution < 1.29 is 8.42 Å². The Morgan fingerprint density at radius 1 is 1.67 bits per heavy atom. The van der Waals surface area contributed by atoms with E-state index in [-0.39, 0.29) is 6.04 Å². The van der Waals surface area contributed by atoms with Gasteiger partial charge in [0.1, 0.15) is 0 Å². The summed E-state index contributed by atoms with van der Waals surface area (Å²) in [6.07, 6.45) is 1.11. The minimum Gasteiger partial charge on any atom is -0.329 e. The Morgan fingerprint density at radius 2 is 2.11 bits per heavy atom. The summed E-state index contributed by atoms with van der Waals surface area (Å²) in [5.74, 6) is 0. The molecule has 9 heavy (non-hydrogen) atoms.